The van der Waals surface area contributed by atoms with Crippen molar-refractivity contribution in [1.29, 1.82) is 0 Å². The molecule has 3 atom stereocenters. The van der Waals surface area contributed by atoms with Gasteiger partial charge in [0.05, 0.1) is 5.56 Å². The number of amides is 1. The van der Waals surface area contributed by atoms with Gasteiger partial charge in [-0.15, -0.1) is 0 Å². The maximum absolute atomic E-state index is 11.9. The lowest BCUT2D eigenvalue weighted by molar-refractivity contribution is 0.0954. The molecular formula is C15H15BrN2O. The van der Waals surface area contributed by atoms with E-state index < -0.39 is 0 Å². The minimum atomic E-state index is -0.178. The molecule has 0 aliphatic heterocycles. The highest BCUT2D eigenvalue weighted by Gasteiger charge is 2.34. The Kier molecular flexibility index (Phi) is 3.51. The number of benzene rings is 1. The first-order valence-electron chi connectivity index (χ1n) is 6.50. The molecule has 0 spiro atoms. The van der Waals surface area contributed by atoms with Crippen LogP contribution in [0.2, 0.25) is 0 Å². The van der Waals surface area contributed by atoms with Gasteiger partial charge in [0.2, 0.25) is 0 Å². The first-order valence-corrected chi connectivity index (χ1v) is 7.29. The SMILES string of the molecule is O=C(N/N=C\[C@@H]1C[C@H]2C=C[C@H]1C2)c1ccccc1Br. The van der Waals surface area contributed by atoms with Crippen LogP contribution < -0.4 is 5.43 Å². The molecule has 2 aliphatic carbocycles. The quantitative estimate of drug-likeness (QED) is 0.518. The number of carbonyl (C=O) groups excluding carboxylic acids is 1. The van der Waals surface area contributed by atoms with Gasteiger partial charge in [-0.25, -0.2) is 5.43 Å². The van der Waals surface area contributed by atoms with Crippen molar-refractivity contribution in [2.75, 3.05) is 0 Å². The molecule has 1 aromatic rings. The summed E-state index contributed by atoms with van der Waals surface area (Å²) in [5.41, 5.74) is 3.21. The lowest BCUT2D eigenvalue weighted by Gasteiger charge is -2.12. The molecule has 1 amide bonds. The molecule has 0 aromatic heterocycles. The lowest BCUT2D eigenvalue weighted by atomic mass is 9.95. The van der Waals surface area contributed by atoms with Crippen LogP contribution >= 0.6 is 15.9 Å². The maximum atomic E-state index is 11.9. The van der Waals surface area contributed by atoms with E-state index in [0.717, 1.165) is 16.8 Å². The second-order valence-electron chi connectivity index (χ2n) is 5.14. The Balaban J connectivity index is 1.59. The largest absolute Gasteiger partial charge is 0.272 e. The zero-order chi connectivity index (χ0) is 13.2. The second-order valence-corrected chi connectivity index (χ2v) is 6.00. The van der Waals surface area contributed by atoms with Crippen molar-refractivity contribution >= 4 is 28.1 Å². The van der Waals surface area contributed by atoms with Crippen molar-refractivity contribution in [1.82, 2.24) is 5.43 Å². The van der Waals surface area contributed by atoms with Crippen LogP contribution in [0.25, 0.3) is 0 Å². The Hall–Kier alpha value is -1.42. The molecule has 98 valence electrons. The molecule has 0 heterocycles. The summed E-state index contributed by atoms with van der Waals surface area (Å²) in [6.07, 6.45) is 8.88. The predicted molar refractivity (Wildman–Crippen MR) is 78.9 cm³/mol. The van der Waals surface area contributed by atoms with Gasteiger partial charge in [-0.05, 0) is 52.7 Å². The van der Waals surface area contributed by atoms with E-state index in [-0.39, 0.29) is 5.91 Å². The van der Waals surface area contributed by atoms with Gasteiger partial charge < -0.3 is 0 Å². The number of hydrazone groups is 1. The van der Waals surface area contributed by atoms with Crippen LogP contribution in [0.1, 0.15) is 23.2 Å². The van der Waals surface area contributed by atoms with E-state index in [0.29, 0.717) is 17.4 Å². The third-order valence-electron chi connectivity index (χ3n) is 3.88. The molecule has 1 saturated carbocycles. The molecular weight excluding hydrogens is 304 g/mol. The van der Waals surface area contributed by atoms with Crippen LogP contribution in [0.5, 0.6) is 0 Å². The third-order valence-corrected chi connectivity index (χ3v) is 4.57. The fourth-order valence-corrected chi connectivity index (χ4v) is 3.36. The van der Waals surface area contributed by atoms with Gasteiger partial charge in [0.15, 0.2) is 0 Å². The van der Waals surface area contributed by atoms with E-state index in [2.05, 4.69) is 38.6 Å². The van der Waals surface area contributed by atoms with Crippen molar-refractivity contribution in [3.8, 4) is 0 Å². The highest BCUT2D eigenvalue weighted by molar-refractivity contribution is 9.10. The number of halogens is 1. The molecule has 1 fully saturated rings. The zero-order valence-electron chi connectivity index (χ0n) is 10.4. The standard InChI is InChI=1S/C15H15BrN2O/c16-14-4-2-1-3-13(14)15(19)18-17-9-12-8-10-5-6-11(12)7-10/h1-6,9-12H,7-8H2,(H,18,19)/b17-9-/t10-,11-,12-/m0/s1. The lowest BCUT2D eigenvalue weighted by Crippen LogP contribution is -2.19. The predicted octanol–water partition coefficient (Wildman–Crippen LogP) is 3.38. The molecule has 4 heteroatoms. The fraction of sp³-hybridized carbons (Fsp3) is 0.333. The van der Waals surface area contributed by atoms with Gasteiger partial charge in [-0.1, -0.05) is 24.3 Å². The summed E-state index contributed by atoms with van der Waals surface area (Å²) >= 11 is 3.36. The molecule has 0 saturated heterocycles. The number of rotatable bonds is 3. The molecule has 0 unspecified atom stereocenters. The Morgan fingerprint density at radius 1 is 1.32 bits per heavy atom. The van der Waals surface area contributed by atoms with Crippen LogP contribution in [-0.4, -0.2) is 12.1 Å². The van der Waals surface area contributed by atoms with Gasteiger partial charge in [0.25, 0.3) is 5.91 Å². The van der Waals surface area contributed by atoms with E-state index in [4.69, 9.17) is 0 Å². The summed E-state index contributed by atoms with van der Waals surface area (Å²) in [6.45, 7) is 0. The minimum Gasteiger partial charge on any atom is -0.267 e. The minimum absolute atomic E-state index is 0.178. The monoisotopic (exact) mass is 318 g/mol. The topological polar surface area (TPSA) is 41.5 Å². The summed E-state index contributed by atoms with van der Waals surface area (Å²) in [7, 11) is 0. The van der Waals surface area contributed by atoms with Crippen molar-refractivity contribution < 1.29 is 4.79 Å². The third kappa shape index (κ3) is 2.63. The summed E-state index contributed by atoms with van der Waals surface area (Å²) in [5, 5.41) is 4.11. The number of nitrogens with one attached hydrogen (secondary N) is 1. The highest BCUT2D eigenvalue weighted by Crippen LogP contribution is 2.42. The molecule has 2 bridgehead atoms. The van der Waals surface area contributed by atoms with E-state index in [1.54, 1.807) is 6.07 Å². The average Bonchev–Trinajstić information content (AvgIpc) is 3.01. The number of hydrogen-bond acceptors (Lipinski definition) is 2. The summed E-state index contributed by atoms with van der Waals surface area (Å²) in [5.74, 6) is 1.64. The Bertz CT molecular complexity index is 553. The van der Waals surface area contributed by atoms with Crippen molar-refractivity contribution in [3.05, 3.63) is 46.5 Å². The molecule has 0 radical (unpaired) electrons. The molecule has 3 rings (SSSR count). The van der Waals surface area contributed by atoms with E-state index >= 15 is 0 Å². The zero-order valence-corrected chi connectivity index (χ0v) is 12.0. The van der Waals surface area contributed by atoms with Gasteiger partial charge in [-0.3, -0.25) is 4.79 Å². The van der Waals surface area contributed by atoms with E-state index in [1.807, 2.05) is 24.4 Å². The second kappa shape index (κ2) is 5.29. The van der Waals surface area contributed by atoms with Crippen molar-refractivity contribution in [2.45, 2.75) is 12.8 Å². The van der Waals surface area contributed by atoms with Gasteiger partial charge in [-0.2, -0.15) is 5.10 Å². The summed E-state index contributed by atoms with van der Waals surface area (Å²) in [6, 6.07) is 7.34. The summed E-state index contributed by atoms with van der Waals surface area (Å²) in [4.78, 5) is 11.9. The normalized spacial score (nSPS) is 28.2. The maximum Gasteiger partial charge on any atom is 0.272 e. The number of fused-ring (bicyclic) bond motifs is 2. The van der Waals surface area contributed by atoms with Gasteiger partial charge >= 0.3 is 0 Å². The molecule has 3 nitrogen and oxygen atoms in total. The first kappa shape index (κ1) is 12.6. The fourth-order valence-electron chi connectivity index (χ4n) is 2.89. The van der Waals surface area contributed by atoms with Crippen LogP contribution in [-0.2, 0) is 0 Å². The van der Waals surface area contributed by atoms with Crippen LogP contribution in [0.4, 0.5) is 0 Å². The first-order chi connectivity index (χ1) is 9.24. The smallest absolute Gasteiger partial charge is 0.267 e. The number of allylic oxidation sites excluding steroid dienone is 2. The van der Waals surface area contributed by atoms with Crippen LogP contribution in [0, 0.1) is 17.8 Å². The van der Waals surface area contributed by atoms with E-state index in [9.17, 15) is 4.79 Å². The number of nitrogens with zero attached hydrogens (tertiary/aromatic N) is 1. The Labute approximate surface area is 120 Å². The van der Waals surface area contributed by atoms with Crippen molar-refractivity contribution in [3.63, 3.8) is 0 Å². The number of carbonyl (C=O) groups is 1. The van der Waals surface area contributed by atoms with Gasteiger partial charge in [0, 0.05) is 16.6 Å². The Morgan fingerprint density at radius 2 is 2.16 bits per heavy atom. The molecule has 2 aliphatic rings. The van der Waals surface area contributed by atoms with Gasteiger partial charge in [0.1, 0.15) is 0 Å². The van der Waals surface area contributed by atoms with Crippen LogP contribution in [0.15, 0.2) is 46.0 Å². The van der Waals surface area contributed by atoms with E-state index in [1.165, 1.54) is 6.42 Å². The average molecular weight is 319 g/mol. The summed E-state index contributed by atoms with van der Waals surface area (Å²) < 4.78 is 0.783. The number of hydrogen-bond donors (Lipinski definition) is 1. The molecule has 1 N–H and O–H groups in total. The van der Waals surface area contributed by atoms with Crippen molar-refractivity contribution in [2.24, 2.45) is 22.9 Å². The Morgan fingerprint density at radius 3 is 2.84 bits per heavy atom. The molecule has 1 aromatic carbocycles. The highest BCUT2D eigenvalue weighted by atomic mass is 79.9. The van der Waals surface area contributed by atoms with Crippen LogP contribution in [0.3, 0.4) is 0 Å². The molecule has 19 heavy (non-hydrogen) atoms.